The smallest absolute Gasteiger partial charge is 0.348 e. The van der Waals surface area contributed by atoms with Gasteiger partial charge in [-0.1, -0.05) is 6.08 Å². The predicted octanol–water partition coefficient (Wildman–Crippen LogP) is 0.263. The second kappa shape index (κ2) is 5.79. The molecular weight excluding hydrogens is 132 g/mol. The Balaban J connectivity index is 3.38. The van der Waals surface area contributed by atoms with Gasteiger partial charge in [0.1, 0.15) is 0 Å². The molecule has 0 aliphatic heterocycles. The fourth-order valence-corrected chi connectivity index (χ4v) is 0.367. The Morgan fingerprint density at radius 3 is 3.00 bits per heavy atom. The quantitative estimate of drug-likeness (QED) is 0.346. The third-order valence-electron chi connectivity index (χ3n) is 0.793. The van der Waals surface area contributed by atoms with E-state index in [1.807, 2.05) is 6.07 Å². The van der Waals surface area contributed by atoms with E-state index in [0.29, 0.717) is 12.8 Å². The maximum Gasteiger partial charge on any atom is 0.348 e. The number of carbonyl (C=O) groups is 1. The highest BCUT2D eigenvalue weighted by molar-refractivity contribution is 5.81. The first-order valence-corrected chi connectivity index (χ1v) is 2.75. The van der Waals surface area contributed by atoms with Crippen molar-refractivity contribution in [1.29, 1.82) is 5.26 Å². The zero-order valence-electron chi connectivity index (χ0n) is 5.41. The normalized spacial score (nSPS) is 9.20. The Kier molecular flexibility index (Phi) is 5.01. The van der Waals surface area contributed by atoms with E-state index >= 15 is 0 Å². The summed E-state index contributed by atoms with van der Waals surface area (Å²) in [5.74, 6) is 3.92. The molecule has 0 rings (SSSR count). The molecule has 0 heterocycles. The summed E-state index contributed by atoms with van der Waals surface area (Å²) in [6.07, 6.45) is 3.68. The van der Waals surface area contributed by atoms with E-state index in [1.54, 1.807) is 6.08 Å². The van der Waals surface area contributed by atoms with E-state index in [1.165, 1.54) is 6.08 Å². The molecule has 0 saturated carbocycles. The van der Waals surface area contributed by atoms with Crippen molar-refractivity contribution in [3.8, 4) is 6.07 Å². The van der Waals surface area contributed by atoms with Crippen molar-refractivity contribution in [3.63, 3.8) is 0 Å². The molecule has 0 saturated heterocycles. The van der Waals surface area contributed by atoms with Crippen molar-refractivity contribution in [2.75, 3.05) is 0 Å². The number of nitriles is 1. The summed E-state index contributed by atoms with van der Waals surface area (Å²) in [6.45, 7) is 0. The maximum atomic E-state index is 10.3. The molecule has 0 aromatic heterocycles. The van der Waals surface area contributed by atoms with Crippen LogP contribution in [0.15, 0.2) is 12.2 Å². The van der Waals surface area contributed by atoms with Crippen LogP contribution in [-0.2, 0) is 9.63 Å². The number of carbonyl (C=O) groups excluding carboxylic acids is 1. The fraction of sp³-hybridized carbons (Fsp3) is 0.333. The predicted molar refractivity (Wildman–Crippen MR) is 34.3 cm³/mol. The van der Waals surface area contributed by atoms with Gasteiger partial charge >= 0.3 is 5.97 Å². The van der Waals surface area contributed by atoms with Crippen LogP contribution < -0.4 is 5.90 Å². The Hall–Kier alpha value is -1.34. The van der Waals surface area contributed by atoms with Gasteiger partial charge in [-0.3, -0.25) is 0 Å². The molecule has 10 heavy (non-hydrogen) atoms. The van der Waals surface area contributed by atoms with Crippen LogP contribution in [0.4, 0.5) is 0 Å². The Labute approximate surface area is 58.8 Å². The summed E-state index contributed by atoms with van der Waals surface area (Å²) in [6, 6.07) is 1.92. The lowest BCUT2D eigenvalue weighted by molar-refractivity contribution is -0.138. The molecule has 0 amide bonds. The van der Waals surface area contributed by atoms with Crippen LogP contribution >= 0.6 is 0 Å². The van der Waals surface area contributed by atoms with Crippen LogP contribution in [0.25, 0.3) is 0 Å². The molecule has 0 fully saturated rings. The number of rotatable bonds is 3. The van der Waals surface area contributed by atoms with Crippen molar-refractivity contribution < 1.29 is 9.63 Å². The van der Waals surface area contributed by atoms with Gasteiger partial charge in [0.05, 0.1) is 6.07 Å². The molecular formula is C6H8N2O2. The highest BCUT2D eigenvalue weighted by atomic mass is 16.7. The first kappa shape index (κ1) is 8.66. The second-order valence-electron chi connectivity index (χ2n) is 1.54. The summed E-state index contributed by atoms with van der Waals surface area (Å²) in [5.41, 5.74) is 0. The minimum atomic E-state index is -0.599. The van der Waals surface area contributed by atoms with E-state index in [2.05, 4.69) is 10.7 Å². The SMILES string of the molecule is N#CCCC=CC(=O)ON. The number of hydrogen-bond acceptors (Lipinski definition) is 4. The van der Waals surface area contributed by atoms with E-state index in [4.69, 9.17) is 5.26 Å². The number of allylic oxidation sites excluding steroid dienone is 1. The standard InChI is InChI=1S/C6H8N2O2/c7-5-3-1-2-4-6(9)10-8/h2,4H,1,3,8H2. The average molecular weight is 140 g/mol. The molecule has 0 aromatic rings. The lowest BCUT2D eigenvalue weighted by atomic mass is 10.3. The summed E-state index contributed by atoms with van der Waals surface area (Å²) in [7, 11) is 0. The second-order valence-corrected chi connectivity index (χ2v) is 1.54. The van der Waals surface area contributed by atoms with Crippen molar-refractivity contribution >= 4 is 5.97 Å². The van der Waals surface area contributed by atoms with Crippen molar-refractivity contribution in [3.05, 3.63) is 12.2 Å². The molecule has 0 bridgehead atoms. The first-order chi connectivity index (χ1) is 4.81. The van der Waals surface area contributed by atoms with Gasteiger partial charge in [-0.2, -0.15) is 11.2 Å². The molecule has 0 aliphatic carbocycles. The van der Waals surface area contributed by atoms with Gasteiger partial charge in [0, 0.05) is 12.5 Å². The molecule has 0 atom stereocenters. The van der Waals surface area contributed by atoms with Crippen molar-refractivity contribution in [1.82, 2.24) is 0 Å². The summed E-state index contributed by atoms with van der Waals surface area (Å²) < 4.78 is 0. The van der Waals surface area contributed by atoms with Gasteiger partial charge in [0.2, 0.25) is 0 Å². The van der Waals surface area contributed by atoms with E-state index in [-0.39, 0.29) is 0 Å². The molecule has 0 radical (unpaired) electrons. The van der Waals surface area contributed by atoms with Gasteiger partial charge in [-0.15, -0.1) is 0 Å². The molecule has 4 heteroatoms. The van der Waals surface area contributed by atoms with Crippen LogP contribution in [-0.4, -0.2) is 5.97 Å². The fourth-order valence-electron chi connectivity index (χ4n) is 0.367. The molecule has 2 N–H and O–H groups in total. The highest BCUT2D eigenvalue weighted by Crippen LogP contribution is 1.88. The third kappa shape index (κ3) is 4.81. The van der Waals surface area contributed by atoms with Crippen LogP contribution in [0.1, 0.15) is 12.8 Å². The monoisotopic (exact) mass is 140 g/mol. The minimum Gasteiger partial charge on any atom is -0.370 e. The van der Waals surface area contributed by atoms with E-state index < -0.39 is 5.97 Å². The van der Waals surface area contributed by atoms with E-state index in [0.717, 1.165) is 0 Å². The van der Waals surface area contributed by atoms with Gasteiger partial charge < -0.3 is 4.84 Å². The highest BCUT2D eigenvalue weighted by Gasteiger charge is 1.88. The number of nitrogens with two attached hydrogens (primary N) is 1. The van der Waals surface area contributed by atoms with Crippen molar-refractivity contribution in [2.24, 2.45) is 5.90 Å². The summed E-state index contributed by atoms with van der Waals surface area (Å²) in [4.78, 5) is 14.1. The Morgan fingerprint density at radius 2 is 2.50 bits per heavy atom. The van der Waals surface area contributed by atoms with Crippen LogP contribution in [0.2, 0.25) is 0 Å². The van der Waals surface area contributed by atoms with Crippen LogP contribution in [0.3, 0.4) is 0 Å². The molecule has 4 nitrogen and oxygen atoms in total. The van der Waals surface area contributed by atoms with Crippen LogP contribution in [0.5, 0.6) is 0 Å². The minimum absolute atomic E-state index is 0.397. The molecule has 54 valence electrons. The summed E-state index contributed by atoms with van der Waals surface area (Å²) in [5, 5.41) is 8.06. The Bertz CT molecular complexity index is 169. The third-order valence-corrected chi connectivity index (χ3v) is 0.793. The van der Waals surface area contributed by atoms with Gasteiger partial charge in [-0.25, -0.2) is 4.79 Å². The average Bonchev–Trinajstić information content (AvgIpc) is 1.98. The molecule has 0 aliphatic rings. The van der Waals surface area contributed by atoms with Gasteiger partial charge in [0.25, 0.3) is 0 Å². The molecule has 0 spiro atoms. The molecule has 0 aromatic carbocycles. The maximum absolute atomic E-state index is 10.3. The summed E-state index contributed by atoms with van der Waals surface area (Å²) >= 11 is 0. The number of unbranched alkanes of at least 4 members (excludes halogenated alkanes) is 1. The van der Waals surface area contributed by atoms with Gasteiger partial charge in [-0.05, 0) is 6.42 Å². The first-order valence-electron chi connectivity index (χ1n) is 2.75. The Morgan fingerprint density at radius 1 is 1.80 bits per heavy atom. The van der Waals surface area contributed by atoms with Gasteiger partial charge in [0.15, 0.2) is 0 Å². The lowest BCUT2D eigenvalue weighted by Gasteiger charge is -1.86. The lowest BCUT2D eigenvalue weighted by Crippen LogP contribution is -2.05. The topological polar surface area (TPSA) is 76.1 Å². The zero-order chi connectivity index (χ0) is 7.82. The number of nitrogens with zero attached hydrogens (tertiary/aromatic N) is 1. The largest absolute Gasteiger partial charge is 0.370 e. The van der Waals surface area contributed by atoms with E-state index in [9.17, 15) is 4.79 Å². The van der Waals surface area contributed by atoms with Crippen molar-refractivity contribution in [2.45, 2.75) is 12.8 Å². The van der Waals surface area contributed by atoms with Crippen LogP contribution in [0, 0.1) is 11.3 Å². The molecule has 0 unspecified atom stereocenters. The zero-order valence-corrected chi connectivity index (χ0v) is 5.41. The number of hydrogen-bond donors (Lipinski definition) is 1.